The van der Waals surface area contributed by atoms with Crippen molar-refractivity contribution >= 4 is 29.3 Å². The van der Waals surface area contributed by atoms with Crippen LogP contribution in [-0.2, 0) is 9.59 Å². The lowest BCUT2D eigenvalue weighted by molar-refractivity contribution is -0.136. The van der Waals surface area contributed by atoms with Crippen LogP contribution in [0.15, 0.2) is 18.2 Å². The van der Waals surface area contributed by atoms with E-state index >= 15 is 0 Å². The third-order valence-electron chi connectivity index (χ3n) is 4.58. The van der Waals surface area contributed by atoms with Crippen LogP contribution >= 0.6 is 0 Å². The number of imide groups is 2. The molecule has 4 amide bonds. The maximum absolute atomic E-state index is 12.7. The Morgan fingerprint density at radius 1 is 1.19 bits per heavy atom. The summed E-state index contributed by atoms with van der Waals surface area (Å²) in [5.41, 5.74) is 7.04. The molecule has 0 bridgehead atoms. The van der Waals surface area contributed by atoms with Crippen molar-refractivity contribution in [2.45, 2.75) is 51.2 Å². The van der Waals surface area contributed by atoms with Crippen molar-refractivity contribution in [2.75, 3.05) is 5.32 Å². The third kappa shape index (κ3) is 3.32. The molecule has 4 N–H and O–H groups in total. The van der Waals surface area contributed by atoms with Crippen LogP contribution in [0.1, 0.15) is 53.8 Å². The lowest BCUT2D eigenvalue weighted by atomic mass is 10.0. The molecule has 1 aromatic carbocycles. The number of hydrogen-bond donors (Lipinski definition) is 3. The van der Waals surface area contributed by atoms with Gasteiger partial charge in [0, 0.05) is 24.2 Å². The van der Waals surface area contributed by atoms with Crippen molar-refractivity contribution in [1.82, 2.24) is 10.2 Å². The number of rotatable bonds is 5. The van der Waals surface area contributed by atoms with Gasteiger partial charge in [0.05, 0.1) is 11.1 Å². The summed E-state index contributed by atoms with van der Waals surface area (Å²) in [6, 6.07) is 4.13. The molecule has 1 fully saturated rings. The molecular weight excluding hydrogens is 336 g/mol. The van der Waals surface area contributed by atoms with E-state index in [1.54, 1.807) is 18.2 Å². The Morgan fingerprint density at radius 2 is 1.88 bits per heavy atom. The average molecular weight is 358 g/mol. The molecule has 26 heavy (non-hydrogen) atoms. The predicted molar refractivity (Wildman–Crippen MR) is 94.5 cm³/mol. The van der Waals surface area contributed by atoms with Gasteiger partial charge >= 0.3 is 0 Å². The number of nitrogens with zero attached hydrogens (tertiary/aromatic N) is 1. The summed E-state index contributed by atoms with van der Waals surface area (Å²) in [5.74, 6) is -2.02. The summed E-state index contributed by atoms with van der Waals surface area (Å²) < 4.78 is 0. The average Bonchev–Trinajstić information content (AvgIpc) is 2.78. The highest BCUT2D eigenvalue weighted by Gasteiger charge is 2.44. The van der Waals surface area contributed by atoms with Gasteiger partial charge in [-0.15, -0.1) is 0 Å². The Bertz CT molecular complexity index is 789. The highest BCUT2D eigenvalue weighted by atomic mass is 16.2. The number of nitrogens with two attached hydrogens (primary N) is 1. The number of nitrogens with one attached hydrogen (secondary N) is 2. The lowest BCUT2D eigenvalue weighted by Crippen LogP contribution is -2.54. The minimum atomic E-state index is -0.950. The molecule has 1 aromatic rings. The molecule has 138 valence electrons. The van der Waals surface area contributed by atoms with Crippen LogP contribution in [0.4, 0.5) is 5.69 Å². The Labute approximate surface area is 151 Å². The van der Waals surface area contributed by atoms with Crippen molar-refractivity contribution in [2.24, 2.45) is 5.73 Å². The number of amides is 4. The summed E-state index contributed by atoms with van der Waals surface area (Å²) in [7, 11) is 0. The molecule has 3 unspecified atom stereocenters. The first kappa shape index (κ1) is 18.1. The van der Waals surface area contributed by atoms with Crippen LogP contribution in [0.2, 0.25) is 0 Å². The normalized spacial score (nSPS) is 22.1. The molecular formula is C18H22N4O4. The van der Waals surface area contributed by atoms with Crippen molar-refractivity contribution < 1.29 is 19.2 Å². The Morgan fingerprint density at radius 3 is 2.54 bits per heavy atom. The van der Waals surface area contributed by atoms with E-state index < -0.39 is 29.7 Å². The lowest BCUT2D eigenvalue weighted by Gasteiger charge is -2.27. The number of benzene rings is 1. The van der Waals surface area contributed by atoms with E-state index in [2.05, 4.69) is 10.6 Å². The maximum atomic E-state index is 12.7. The van der Waals surface area contributed by atoms with Crippen molar-refractivity contribution in [1.29, 1.82) is 0 Å². The molecule has 2 heterocycles. The van der Waals surface area contributed by atoms with Gasteiger partial charge in [-0.3, -0.25) is 29.4 Å². The Kier molecular flexibility index (Phi) is 4.78. The van der Waals surface area contributed by atoms with Crippen LogP contribution in [0.3, 0.4) is 0 Å². The van der Waals surface area contributed by atoms with Gasteiger partial charge in [-0.1, -0.05) is 0 Å². The predicted octanol–water partition coefficient (Wildman–Crippen LogP) is 0.625. The fourth-order valence-electron chi connectivity index (χ4n) is 3.46. The van der Waals surface area contributed by atoms with E-state index in [-0.39, 0.29) is 36.1 Å². The van der Waals surface area contributed by atoms with Crippen LogP contribution in [0.5, 0.6) is 0 Å². The van der Waals surface area contributed by atoms with Gasteiger partial charge in [-0.05, 0) is 44.9 Å². The molecule has 0 aliphatic carbocycles. The first-order valence-corrected chi connectivity index (χ1v) is 8.65. The molecule has 8 heteroatoms. The summed E-state index contributed by atoms with van der Waals surface area (Å²) in [4.78, 5) is 49.7. The van der Waals surface area contributed by atoms with E-state index in [1.165, 1.54) is 0 Å². The Balaban J connectivity index is 1.81. The molecule has 8 nitrogen and oxygen atoms in total. The Hall–Kier alpha value is -2.74. The SMILES string of the molecule is CC(N)CC(C)Nc1ccc2c(c1)C(=O)N(C1CCC(=O)NC1=O)C2=O. The smallest absolute Gasteiger partial charge is 0.262 e. The largest absolute Gasteiger partial charge is 0.383 e. The summed E-state index contributed by atoms with van der Waals surface area (Å²) in [5, 5.41) is 5.44. The van der Waals surface area contributed by atoms with E-state index in [4.69, 9.17) is 5.73 Å². The second-order valence-corrected chi connectivity index (χ2v) is 6.97. The molecule has 3 atom stereocenters. The molecule has 1 saturated heterocycles. The molecule has 2 aliphatic heterocycles. The summed E-state index contributed by atoms with van der Waals surface area (Å²) in [6.07, 6.45) is 1.00. The molecule has 0 radical (unpaired) electrons. The van der Waals surface area contributed by atoms with E-state index in [9.17, 15) is 19.2 Å². The molecule has 0 aromatic heterocycles. The van der Waals surface area contributed by atoms with E-state index in [0.29, 0.717) is 5.69 Å². The van der Waals surface area contributed by atoms with Gasteiger partial charge in [-0.25, -0.2) is 0 Å². The fraction of sp³-hybridized carbons (Fsp3) is 0.444. The number of hydrogen-bond acceptors (Lipinski definition) is 6. The summed E-state index contributed by atoms with van der Waals surface area (Å²) >= 11 is 0. The minimum absolute atomic E-state index is 0.0400. The van der Waals surface area contributed by atoms with Crippen LogP contribution < -0.4 is 16.4 Å². The first-order chi connectivity index (χ1) is 12.3. The molecule has 0 saturated carbocycles. The zero-order valence-corrected chi connectivity index (χ0v) is 14.7. The maximum Gasteiger partial charge on any atom is 0.262 e. The van der Waals surface area contributed by atoms with Gasteiger partial charge in [0.1, 0.15) is 6.04 Å². The van der Waals surface area contributed by atoms with Crippen LogP contribution in [0.25, 0.3) is 0 Å². The fourth-order valence-corrected chi connectivity index (χ4v) is 3.46. The van der Waals surface area contributed by atoms with Crippen LogP contribution in [0, 0.1) is 0 Å². The van der Waals surface area contributed by atoms with Crippen molar-refractivity contribution in [3.05, 3.63) is 29.3 Å². The van der Waals surface area contributed by atoms with Gasteiger partial charge in [0.15, 0.2) is 0 Å². The van der Waals surface area contributed by atoms with E-state index in [1.807, 2.05) is 13.8 Å². The first-order valence-electron chi connectivity index (χ1n) is 8.65. The second-order valence-electron chi connectivity index (χ2n) is 6.97. The zero-order valence-electron chi connectivity index (χ0n) is 14.7. The van der Waals surface area contributed by atoms with Crippen LogP contribution in [-0.4, -0.2) is 46.7 Å². The third-order valence-corrected chi connectivity index (χ3v) is 4.58. The van der Waals surface area contributed by atoms with E-state index in [0.717, 1.165) is 11.3 Å². The summed E-state index contributed by atoms with van der Waals surface area (Å²) in [6.45, 7) is 3.90. The number of carbonyl (C=O) groups excluding carboxylic acids is 4. The van der Waals surface area contributed by atoms with Gasteiger partial charge in [0.2, 0.25) is 11.8 Å². The molecule has 2 aliphatic rings. The highest BCUT2D eigenvalue weighted by molar-refractivity contribution is 6.23. The highest BCUT2D eigenvalue weighted by Crippen LogP contribution is 2.29. The van der Waals surface area contributed by atoms with Gasteiger partial charge in [-0.2, -0.15) is 0 Å². The number of fused-ring (bicyclic) bond motifs is 1. The molecule has 0 spiro atoms. The topological polar surface area (TPSA) is 122 Å². The number of anilines is 1. The minimum Gasteiger partial charge on any atom is -0.383 e. The van der Waals surface area contributed by atoms with Crippen molar-refractivity contribution in [3.8, 4) is 0 Å². The molecule has 3 rings (SSSR count). The standard InChI is InChI=1S/C18H22N4O4/c1-9(19)7-10(2)20-11-3-4-12-13(8-11)18(26)22(17(12)25)14-5-6-15(23)21-16(14)24/h3-4,8-10,14,20H,5-7,19H2,1-2H3,(H,21,23,24). The van der Waals surface area contributed by atoms with Gasteiger partial charge in [0.25, 0.3) is 11.8 Å². The van der Waals surface area contributed by atoms with Crippen molar-refractivity contribution in [3.63, 3.8) is 0 Å². The van der Waals surface area contributed by atoms with Gasteiger partial charge < -0.3 is 11.1 Å². The zero-order chi connectivity index (χ0) is 19.0. The second kappa shape index (κ2) is 6.87. The monoisotopic (exact) mass is 358 g/mol. The number of carbonyl (C=O) groups is 4. The number of piperidine rings is 1. The quantitative estimate of drug-likeness (QED) is 0.664.